The van der Waals surface area contributed by atoms with E-state index in [4.69, 9.17) is 29.2 Å². The van der Waals surface area contributed by atoms with Gasteiger partial charge in [-0.1, -0.05) is 49.8 Å². The third kappa shape index (κ3) is 2.94. The second kappa shape index (κ2) is 5.79. The molecule has 0 amide bonds. The Labute approximate surface area is 146 Å². The Hall–Kier alpha value is -1.61. The Kier molecular flexibility index (Phi) is 4.09. The summed E-state index contributed by atoms with van der Waals surface area (Å²) < 4.78 is 0. The van der Waals surface area contributed by atoms with E-state index in [0.29, 0.717) is 22.0 Å². The first-order valence-corrected chi connectivity index (χ1v) is 8.30. The summed E-state index contributed by atoms with van der Waals surface area (Å²) in [4.78, 5) is 17.7. The van der Waals surface area contributed by atoms with Gasteiger partial charge in [0.2, 0.25) is 0 Å². The van der Waals surface area contributed by atoms with Crippen LogP contribution in [0, 0.1) is 16.7 Å². The molecule has 0 spiro atoms. The molecular formula is C18H17ClN2OS. The van der Waals surface area contributed by atoms with E-state index in [0.717, 1.165) is 17.7 Å². The molecule has 2 atom stereocenters. The molecule has 0 bridgehead atoms. The van der Waals surface area contributed by atoms with Crippen molar-refractivity contribution < 1.29 is 4.79 Å². The van der Waals surface area contributed by atoms with E-state index in [9.17, 15) is 4.79 Å². The van der Waals surface area contributed by atoms with Gasteiger partial charge in [-0.25, -0.2) is 4.99 Å². The van der Waals surface area contributed by atoms with Crippen LogP contribution in [-0.2, 0) is 4.79 Å². The minimum Gasteiger partial charge on any atom is -0.299 e. The number of hydrogen-bond acceptors (Lipinski definition) is 3. The number of nitrogens with zero attached hydrogens (tertiary/aromatic N) is 1. The van der Waals surface area contributed by atoms with Gasteiger partial charge in [-0.3, -0.25) is 10.2 Å². The lowest BCUT2D eigenvalue weighted by atomic mass is 9.63. The Morgan fingerprint density at radius 2 is 1.91 bits per heavy atom. The number of nitrogens with one attached hydrogen (secondary N) is 1. The minimum absolute atomic E-state index is 0.0987. The van der Waals surface area contributed by atoms with E-state index in [2.05, 4.69) is 24.7 Å². The summed E-state index contributed by atoms with van der Waals surface area (Å²) in [6, 6.07) is 7.38. The number of aliphatic imine (C=N–C) groups is 1. The largest absolute Gasteiger partial charge is 0.299 e. The molecule has 1 aromatic carbocycles. The van der Waals surface area contributed by atoms with Crippen molar-refractivity contribution in [3.05, 3.63) is 40.4 Å². The normalized spacial score (nSPS) is 26.4. The standard InChI is InChI=1S/C18H17ClN2OS/c1-18(2)7-13-16(14(22)8-18)15(12(9-20)17(23)21-13)10-3-5-11(19)6-4-10/h3-6,15-16,20H,7-8H2,1-2H3/t15-,16?/m1/s1. The van der Waals surface area contributed by atoms with Crippen molar-refractivity contribution in [3.8, 4) is 0 Å². The van der Waals surface area contributed by atoms with E-state index in [1.165, 1.54) is 0 Å². The molecule has 0 saturated heterocycles. The van der Waals surface area contributed by atoms with E-state index in [-0.39, 0.29) is 23.0 Å². The third-order valence-corrected chi connectivity index (χ3v) is 5.07. The number of carbonyl (C=O) groups is 1. The van der Waals surface area contributed by atoms with Gasteiger partial charge in [-0.05, 0) is 35.4 Å². The molecule has 1 heterocycles. The Morgan fingerprint density at radius 3 is 2.52 bits per heavy atom. The summed E-state index contributed by atoms with van der Waals surface area (Å²) in [7, 11) is 0. The molecule has 23 heavy (non-hydrogen) atoms. The van der Waals surface area contributed by atoms with E-state index in [1.54, 1.807) is 12.1 Å². The fourth-order valence-electron chi connectivity index (χ4n) is 3.57. The van der Waals surface area contributed by atoms with Gasteiger partial charge < -0.3 is 0 Å². The molecule has 1 saturated carbocycles. The Balaban J connectivity index is 2.15. The number of carbonyl (C=O) groups excluding carboxylic acids is 1. The average Bonchev–Trinajstić information content (AvgIpc) is 2.45. The van der Waals surface area contributed by atoms with Gasteiger partial charge in [-0.15, -0.1) is 0 Å². The lowest BCUT2D eigenvalue weighted by Crippen LogP contribution is -2.44. The SMILES string of the molecule is CC1(C)CC(=O)C2C(=NC(=S)C(=C=N)[C@H]2c2ccc(Cl)cc2)C1. The predicted molar refractivity (Wildman–Crippen MR) is 97.0 cm³/mol. The van der Waals surface area contributed by atoms with Crippen molar-refractivity contribution in [1.29, 1.82) is 5.41 Å². The number of Topliss-reactive ketones (excluding diaryl/α,β-unsaturated/α-hetero) is 1. The highest BCUT2D eigenvalue weighted by atomic mass is 35.5. The molecule has 1 N–H and O–H groups in total. The van der Waals surface area contributed by atoms with Crippen molar-refractivity contribution >= 4 is 46.2 Å². The summed E-state index contributed by atoms with van der Waals surface area (Å²) >= 11 is 11.3. The van der Waals surface area contributed by atoms with Gasteiger partial charge >= 0.3 is 0 Å². The number of hydrogen-bond donors (Lipinski definition) is 1. The maximum Gasteiger partial charge on any atom is 0.143 e. The van der Waals surface area contributed by atoms with Crippen molar-refractivity contribution in [2.45, 2.75) is 32.6 Å². The van der Waals surface area contributed by atoms with Crippen LogP contribution in [0.25, 0.3) is 0 Å². The number of thiocarbonyl (C=S) groups is 1. The Morgan fingerprint density at radius 1 is 1.26 bits per heavy atom. The van der Waals surface area contributed by atoms with Crippen LogP contribution in [0.15, 0.2) is 34.8 Å². The van der Waals surface area contributed by atoms with E-state index < -0.39 is 0 Å². The number of ketones is 1. The molecule has 2 aliphatic rings. The molecule has 0 radical (unpaired) electrons. The number of rotatable bonds is 1. The molecular weight excluding hydrogens is 328 g/mol. The minimum atomic E-state index is -0.344. The zero-order valence-electron chi connectivity index (χ0n) is 13.0. The molecule has 1 unspecified atom stereocenters. The van der Waals surface area contributed by atoms with Crippen LogP contribution in [0.1, 0.15) is 38.2 Å². The lowest BCUT2D eigenvalue weighted by molar-refractivity contribution is -0.124. The summed E-state index contributed by atoms with van der Waals surface area (Å²) in [6.45, 7) is 4.15. The predicted octanol–water partition coefficient (Wildman–Crippen LogP) is 4.39. The zero-order valence-corrected chi connectivity index (χ0v) is 14.6. The molecule has 118 valence electrons. The summed E-state index contributed by atoms with van der Waals surface area (Å²) in [5.41, 5.74) is 2.19. The van der Waals surface area contributed by atoms with Crippen LogP contribution < -0.4 is 0 Å². The van der Waals surface area contributed by atoms with Crippen LogP contribution in [0.4, 0.5) is 0 Å². The van der Waals surface area contributed by atoms with Crippen molar-refractivity contribution in [2.24, 2.45) is 16.3 Å². The molecule has 5 heteroatoms. The van der Waals surface area contributed by atoms with Crippen LogP contribution in [0.3, 0.4) is 0 Å². The van der Waals surface area contributed by atoms with Gasteiger partial charge in [0.25, 0.3) is 0 Å². The zero-order chi connectivity index (χ0) is 16.8. The van der Waals surface area contributed by atoms with Gasteiger partial charge in [0.15, 0.2) is 0 Å². The molecule has 0 aromatic heterocycles. The molecule has 1 fully saturated rings. The van der Waals surface area contributed by atoms with Crippen molar-refractivity contribution in [1.82, 2.24) is 0 Å². The lowest BCUT2D eigenvalue weighted by Gasteiger charge is -2.40. The maximum atomic E-state index is 12.8. The fourth-order valence-corrected chi connectivity index (χ4v) is 3.99. The second-order valence-corrected chi connectivity index (χ2v) is 7.76. The average molecular weight is 345 g/mol. The highest BCUT2D eigenvalue weighted by Gasteiger charge is 2.46. The van der Waals surface area contributed by atoms with Crippen molar-refractivity contribution in [3.63, 3.8) is 0 Å². The highest BCUT2D eigenvalue weighted by Crippen LogP contribution is 2.45. The van der Waals surface area contributed by atoms with Gasteiger partial charge in [0.05, 0.1) is 11.5 Å². The fraction of sp³-hybridized carbons (Fsp3) is 0.389. The van der Waals surface area contributed by atoms with Crippen LogP contribution in [-0.4, -0.2) is 22.4 Å². The summed E-state index contributed by atoms with van der Waals surface area (Å²) in [5, 5.41) is 8.25. The molecule has 3 rings (SSSR count). The smallest absolute Gasteiger partial charge is 0.143 e. The maximum absolute atomic E-state index is 12.8. The molecule has 1 aromatic rings. The molecule has 1 aliphatic carbocycles. The van der Waals surface area contributed by atoms with E-state index in [1.807, 2.05) is 12.1 Å². The first-order chi connectivity index (χ1) is 10.8. The van der Waals surface area contributed by atoms with Crippen molar-refractivity contribution in [2.75, 3.05) is 0 Å². The van der Waals surface area contributed by atoms with E-state index >= 15 is 0 Å². The summed E-state index contributed by atoms with van der Waals surface area (Å²) in [6.07, 6.45) is 1.26. The monoisotopic (exact) mass is 344 g/mol. The van der Waals surface area contributed by atoms with Crippen LogP contribution in [0.5, 0.6) is 0 Å². The molecule has 3 nitrogen and oxygen atoms in total. The van der Waals surface area contributed by atoms with Crippen LogP contribution >= 0.6 is 23.8 Å². The third-order valence-electron chi connectivity index (χ3n) is 4.50. The van der Waals surface area contributed by atoms with Gasteiger partial charge in [0.1, 0.15) is 10.8 Å². The second-order valence-electron chi connectivity index (χ2n) is 6.94. The van der Waals surface area contributed by atoms with Gasteiger partial charge in [-0.2, -0.15) is 0 Å². The number of halogens is 1. The first-order valence-electron chi connectivity index (χ1n) is 7.52. The van der Waals surface area contributed by atoms with Gasteiger partial charge in [0, 0.05) is 23.1 Å². The molecule has 1 aliphatic heterocycles. The summed E-state index contributed by atoms with van der Waals surface area (Å²) in [5.74, 6) is 1.96. The highest BCUT2D eigenvalue weighted by molar-refractivity contribution is 7.80. The Bertz CT molecular complexity index is 773. The first kappa shape index (κ1) is 16.3. The topological polar surface area (TPSA) is 53.3 Å². The van der Waals surface area contributed by atoms with Crippen LogP contribution in [0.2, 0.25) is 5.02 Å². The number of benzene rings is 1. The number of fused-ring (bicyclic) bond motifs is 1. The quantitative estimate of drug-likeness (QED) is 0.467.